The summed E-state index contributed by atoms with van der Waals surface area (Å²) in [7, 11) is 3.99. The van der Waals surface area contributed by atoms with Crippen molar-refractivity contribution < 1.29 is 4.74 Å². The molecule has 2 aliphatic rings. The SMILES string of the molecule is COCC(C1CC1)N1CCN(C)CC1CN. The lowest BCUT2D eigenvalue weighted by molar-refractivity contribution is 0.0104. The van der Waals surface area contributed by atoms with Crippen molar-refractivity contribution in [2.45, 2.75) is 24.9 Å². The minimum Gasteiger partial charge on any atom is -0.383 e. The van der Waals surface area contributed by atoms with Gasteiger partial charge in [-0.25, -0.2) is 0 Å². The summed E-state index contributed by atoms with van der Waals surface area (Å²) in [6.07, 6.45) is 2.75. The highest BCUT2D eigenvalue weighted by atomic mass is 16.5. The third-order valence-electron chi connectivity index (χ3n) is 3.93. The van der Waals surface area contributed by atoms with Gasteiger partial charge >= 0.3 is 0 Å². The van der Waals surface area contributed by atoms with Crippen LogP contribution in [0.3, 0.4) is 0 Å². The largest absolute Gasteiger partial charge is 0.383 e. The Morgan fingerprint density at radius 3 is 2.69 bits per heavy atom. The van der Waals surface area contributed by atoms with Crippen molar-refractivity contribution in [3.05, 3.63) is 0 Å². The van der Waals surface area contributed by atoms with Crippen LogP contribution in [0.5, 0.6) is 0 Å². The summed E-state index contributed by atoms with van der Waals surface area (Å²) < 4.78 is 5.38. The summed E-state index contributed by atoms with van der Waals surface area (Å²) in [6.45, 7) is 5.03. The van der Waals surface area contributed by atoms with Gasteiger partial charge in [0.2, 0.25) is 0 Å². The highest BCUT2D eigenvalue weighted by Gasteiger charge is 2.39. The Hall–Kier alpha value is -0.160. The highest BCUT2D eigenvalue weighted by Crippen LogP contribution is 2.36. The summed E-state index contributed by atoms with van der Waals surface area (Å²) in [5.74, 6) is 0.859. The number of hydrogen-bond donors (Lipinski definition) is 1. The molecule has 0 amide bonds. The summed E-state index contributed by atoms with van der Waals surface area (Å²) in [4.78, 5) is 4.98. The Balaban J connectivity index is 1.98. The number of nitrogens with zero attached hydrogens (tertiary/aromatic N) is 2. The minimum absolute atomic E-state index is 0.513. The van der Waals surface area contributed by atoms with Crippen LogP contribution in [0.25, 0.3) is 0 Å². The van der Waals surface area contributed by atoms with Gasteiger partial charge in [0.25, 0.3) is 0 Å². The fourth-order valence-corrected chi connectivity index (χ4v) is 2.83. The molecule has 2 fully saturated rings. The average Bonchev–Trinajstić information content (AvgIpc) is 3.10. The quantitative estimate of drug-likeness (QED) is 0.717. The average molecular weight is 227 g/mol. The van der Waals surface area contributed by atoms with E-state index in [9.17, 15) is 0 Å². The number of methoxy groups -OCH3 is 1. The van der Waals surface area contributed by atoms with Crippen LogP contribution in [-0.4, -0.2) is 68.8 Å². The second-order valence-electron chi connectivity index (χ2n) is 5.25. The molecule has 4 nitrogen and oxygen atoms in total. The first kappa shape index (κ1) is 12.3. The molecule has 1 saturated heterocycles. The van der Waals surface area contributed by atoms with E-state index in [1.54, 1.807) is 0 Å². The molecule has 2 atom stereocenters. The molecule has 94 valence electrons. The molecule has 2 N–H and O–H groups in total. The molecular formula is C12H25N3O. The molecule has 2 unspecified atom stereocenters. The summed E-state index contributed by atoms with van der Waals surface area (Å²) >= 11 is 0. The smallest absolute Gasteiger partial charge is 0.0620 e. The Morgan fingerprint density at radius 2 is 2.12 bits per heavy atom. The highest BCUT2D eigenvalue weighted by molar-refractivity contribution is 4.94. The zero-order chi connectivity index (χ0) is 11.5. The Labute approximate surface area is 98.7 Å². The van der Waals surface area contributed by atoms with Crippen LogP contribution in [0, 0.1) is 5.92 Å². The number of hydrogen-bond acceptors (Lipinski definition) is 4. The molecule has 1 heterocycles. The molecule has 0 radical (unpaired) electrons. The van der Waals surface area contributed by atoms with E-state index >= 15 is 0 Å². The summed E-state index contributed by atoms with van der Waals surface area (Å²) in [5, 5.41) is 0. The molecule has 0 spiro atoms. The maximum Gasteiger partial charge on any atom is 0.0620 e. The number of likely N-dealkylation sites (N-methyl/N-ethyl adjacent to an activating group) is 1. The maximum atomic E-state index is 5.90. The van der Waals surface area contributed by atoms with Crippen LogP contribution in [-0.2, 0) is 4.74 Å². The van der Waals surface area contributed by atoms with Crippen molar-refractivity contribution in [3.8, 4) is 0 Å². The van der Waals surface area contributed by atoms with E-state index in [-0.39, 0.29) is 0 Å². The third-order valence-corrected chi connectivity index (χ3v) is 3.93. The van der Waals surface area contributed by atoms with E-state index in [0.29, 0.717) is 12.1 Å². The summed E-state index contributed by atoms with van der Waals surface area (Å²) in [6, 6.07) is 1.12. The fraction of sp³-hybridized carbons (Fsp3) is 1.00. The first-order valence-corrected chi connectivity index (χ1v) is 6.39. The van der Waals surface area contributed by atoms with E-state index in [4.69, 9.17) is 10.5 Å². The molecule has 2 rings (SSSR count). The predicted octanol–water partition coefficient (Wildman–Crippen LogP) is -0.0139. The normalized spacial score (nSPS) is 30.6. The van der Waals surface area contributed by atoms with Crippen molar-refractivity contribution in [3.63, 3.8) is 0 Å². The van der Waals surface area contributed by atoms with Gasteiger partial charge < -0.3 is 15.4 Å². The molecule has 1 saturated carbocycles. The van der Waals surface area contributed by atoms with Crippen LogP contribution in [0.15, 0.2) is 0 Å². The van der Waals surface area contributed by atoms with Crippen molar-refractivity contribution in [1.29, 1.82) is 0 Å². The molecule has 1 aliphatic heterocycles. The zero-order valence-electron chi connectivity index (χ0n) is 10.6. The predicted molar refractivity (Wildman–Crippen MR) is 65.4 cm³/mol. The molecule has 4 heteroatoms. The molecular weight excluding hydrogens is 202 g/mol. The van der Waals surface area contributed by atoms with Gasteiger partial charge in [-0.1, -0.05) is 0 Å². The first-order valence-electron chi connectivity index (χ1n) is 6.39. The van der Waals surface area contributed by atoms with E-state index < -0.39 is 0 Å². The van der Waals surface area contributed by atoms with Crippen molar-refractivity contribution in [2.75, 3.05) is 46.9 Å². The van der Waals surface area contributed by atoms with Gasteiger partial charge in [-0.2, -0.15) is 0 Å². The lowest BCUT2D eigenvalue weighted by Gasteiger charge is -2.44. The Kier molecular flexibility index (Phi) is 4.19. The van der Waals surface area contributed by atoms with Gasteiger partial charge in [-0.05, 0) is 25.8 Å². The van der Waals surface area contributed by atoms with Crippen molar-refractivity contribution in [2.24, 2.45) is 11.7 Å². The Morgan fingerprint density at radius 1 is 1.38 bits per heavy atom. The third kappa shape index (κ3) is 2.74. The monoisotopic (exact) mass is 227 g/mol. The van der Waals surface area contributed by atoms with Crippen LogP contribution in [0.2, 0.25) is 0 Å². The molecule has 0 bridgehead atoms. The van der Waals surface area contributed by atoms with Gasteiger partial charge in [0.15, 0.2) is 0 Å². The number of rotatable bonds is 5. The van der Waals surface area contributed by atoms with Gasteiger partial charge in [-0.15, -0.1) is 0 Å². The van der Waals surface area contributed by atoms with Gasteiger partial charge in [0.1, 0.15) is 0 Å². The van der Waals surface area contributed by atoms with Crippen LogP contribution in [0.1, 0.15) is 12.8 Å². The molecule has 16 heavy (non-hydrogen) atoms. The number of ether oxygens (including phenoxy) is 1. The van der Waals surface area contributed by atoms with Crippen LogP contribution < -0.4 is 5.73 Å². The molecule has 1 aliphatic carbocycles. The zero-order valence-corrected chi connectivity index (χ0v) is 10.6. The van der Waals surface area contributed by atoms with Crippen LogP contribution in [0.4, 0.5) is 0 Å². The van der Waals surface area contributed by atoms with Gasteiger partial charge in [0, 0.05) is 45.4 Å². The lowest BCUT2D eigenvalue weighted by Crippen LogP contribution is -2.59. The minimum atomic E-state index is 0.513. The van der Waals surface area contributed by atoms with Gasteiger partial charge in [0.05, 0.1) is 6.61 Å². The fourth-order valence-electron chi connectivity index (χ4n) is 2.83. The van der Waals surface area contributed by atoms with E-state index in [0.717, 1.165) is 38.7 Å². The first-order chi connectivity index (χ1) is 7.76. The second kappa shape index (κ2) is 5.45. The van der Waals surface area contributed by atoms with E-state index in [2.05, 4.69) is 16.8 Å². The topological polar surface area (TPSA) is 41.7 Å². The number of piperazine rings is 1. The van der Waals surface area contributed by atoms with Crippen molar-refractivity contribution in [1.82, 2.24) is 9.80 Å². The molecule has 0 aromatic heterocycles. The molecule has 0 aromatic carbocycles. The number of nitrogens with two attached hydrogens (primary N) is 1. The second-order valence-corrected chi connectivity index (χ2v) is 5.25. The molecule has 0 aromatic rings. The van der Waals surface area contributed by atoms with Crippen LogP contribution >= 0.6 is 0 Å². The summed E-state index contributed by atoms with van der Waals surface area (Å²) in [5.41, 5.74) is 5.90. The van der Waals surface area contributed by atoms with Crippen molar-refractivity contribution >= 4 is 0 Å². The Bertz CT molecular complexity index is 220. The standard InChI is InChI=1S/C12H25N3O/c1-14-5-6-15(11(7-13)8-14)12(9-16-2)10-3-4-10/h10-12H,3-9,13H2,1-2H3. The van der Waals surface area contributed by atoms with E-state index in [1.807, 2.05) is 7.11 Å². The van der Waals surface area contributed by atoms with E-state index in [1.165, 1.54) is 12.8 Å². The maximum absolute atomic E-state index is 5.90. The van der Waals surface area contributed by atoms with Gasteiger partial charge in [-0.3, -0.25) is 4.90 Å². The lowest BCUT2D eigenvalue weighted by atomic mass is 10.1.